The molecular formula is C11H17BrN2O2S. The van der Waals surface area contributed by atoms with Crippen LogP contribution in [0.25, 0.3) is 0 Å². The molecule has 3 N–H and O–H groups in total. The first-order chi connectivity index (χ1) is 8.13. The van der Waals surface area contributed by atoms with Crippen molar-refractivity contribution in [2.75, 3.05) is 13.7 Å². The van der Waals surface area contributed by atoms with Crippen LogP contribution in [-0.4, -0.2) is 25.7 Å². The molecule has 0 spiro atoms. The van der Waals surface area contributed by atoms with E-state index < -0.39 is 6.04 Å². The van der Waals surface area contributed by atoms with Gasteiger partial charge in [0.2, 0.25) is 5.91 Å². The molecule has 4 nitrogen and oxygen atoms in total. The molecule has 0 radical (unpaired) electrons. The minimum Gasteiger partial charge on any atom is -0.385 e. The van der Waals surface area contributed by atoms with Crippen molar-refractivity contribution in [1.82, 2.24) is 5.32 Å². The summed E-state index contributed by atoms with van der Waals surface area (Å²) in [6.07, 6.45) is 1.45. The van der Waals surface area contributed by atoms with E-state index in [1.165, 1.54) is 0 Å². The van der Waals surface area contributed by atoms with Crippen molar-refractivity contribution in [2.24, 2.45) is 5.73 Å². The number of ether oxygens (including phenoxy) is 1. The summed E-state index contributed by atoms with van der Waals surface area (Å²) in [5.74, 6) is -0.106. The molecule has 0 saturated carbocycles. The van der Waals surface area contributed by atoms with Crippen LogP contribution in [0.4, 0.5) is 0 Å². The predicted molar refractivity (Wildman–Crippen MR) is 73.0 cm³/mol. The Labute approximate surface area is 114 Å². The molecule has 1 aromatic heterocycles. The van der Waals surface area contributed by atoms with Crippen molar-refractivity contribution < 1.29 is 9.53 Å². The normalized spacial score (nSPS) is 12.4. The number of hydrogen-bond acceptors (Lipinski definition) is 4. The van der Waals surface area contributed by atoms with Gasteiger partial charge in [-0.15, -0.1) is 11.3 Å². The molecule has 0 aromatic carbocycles. The number of rotatable bonds is 7. The SMILES string of the molecule is COCCCC(N)C(=O)NCc1cc(Br)cs1. The zero-order chi connectivity index (χ0) is 12.7. The Morgan fingerprint density at radius 2 is 2.47 bits per heavy atom. The molecule has 1 atom stereocenters. The van der Waals surface area contributed by atoms with Crippen molar-refractivity contribution in [3.63, 3.8) is 0 Å². The molecule has 0 aliphatic rings. The summed E-state index contributed by atoms with van der Waals surface area (Å²) < 4.78 is 5.95. The van der Waals surface area contributed by atoms with E-state index in [-0.39, 0.29) is 5.91 Å². The summed E-state index contributed by atoms with van der Waals surface area (Å²) in [4.78, 5) is 12.7. The fourth-order valence-electron chi connectivity index (χ4n) is 1.33. The maximum Gasteiger partial charge on any atom is 0.237 e. The fourth-order valence-corrected chi connectivity index (χ4v) is 2.72. The molecule has 0 bridgehead atoms. The molecule has 1 unspecified atom stereocenters. The molecule has 1 amide bonds. The molecule has 1 aromatic rings. The van der Waals surface area contributed by atoms with E-state index in [2.05, 4.69) is 21.2 Å². The standard InChI is InChI=1S/C11H17BrN2O2S/c1-16-4-2-3-10(13)11(15)14-6-9-5-8(12)7-17-9/h5,7,10H,2-4,6,13H2,1H3,(H,14,15). The highest BCUT2D eigenvalue weighted by molar-refractivity contribution is 9.10. The summed E-state index contributed by atoms with van der Waals surface area (Å²) in [5, 5.41) is 4.81. The number of halogens is 1. The van der Waals surface area contributed by atoms with Gasteiger partial charge in [0.05, 0.1) is 12.6 Å². The van der Waals surface area contributed by atoms with Gasteiger partial charge in [-0.2, -0.15) is 0 Å². The second kappa shape index (κ2) is 7.81. The van der Waals surface area contributed by atoms with Crippen molar-refractivity contribution in [3.8, 4) is 0 Å². The lowest BCUT2D eigenvalue weighted by Gasteiger charge is -2.11. The first-order valence-corrected chi connectivity index (χ1v) is 7.06. The van der Waals surface area contributed by atoms with Crippen molar-refractivity contribution >= 4 is 33.2 Å². The zero-order valence-electron chi connectivity index (χ0n) is 9.74. The quantitative estimate of drug-likeness (QED) is 0.754. The first-order valence-electron chi connectivity index (χ1n) is 5.38. The Morgan fingerprint density at radius 3 is 3.06 bits per heavy atom. The third-order valence-corrected chi connectivity index (χ3v) is 3.96. The number of thiophene rings is 1. The van der Waals surface area contributed by atoms with E-state index in [1.807, 2.05) is 11.4 Å². The van der Waals surface area contributed by atoms with Gasteiger partial charge in [0.1, 0.15) is 0 Å². The van der Waals surface area contributed by atoms with E-state index in [4.69, 9.17) is 10.5 Å². The molecule has 0 saturated heterocycles. The van der Waals surface area contributed by atoms with E-state index >= 15 is 0 Å². The molecule has 0 fully saturated rings. The molecule has 1 rings (SSSR count). The maximum atomic E-state index is 11.6. The highest BCUT2D eigenvalue weighted by Crippen LogP contribution is 2.19. The lowest BCUT2D eigenvalue weighted by molar-refractivity contribution is -0.122. The van der Waals surface area contributed by atoms with Gasteiger partial charge in [0.15, 0.2) is 0 Å². The Bertz CT molecular complexity index is 357. The zero-order valence-corrected chi connectivity index (χ0v) is 12.1. The Kier molecular flexibility index (Phi) is 6.72. The minimum atomic E-state index is -0.450. The van der Waals surface area contributed by atoms with Crippen molar-refractivity contribution in [1.29, 1.82) is 0 Å². The van der Waals surface area contributed by atoms with Gasteiger partial charge in [-0.1, -0.05) is 0 Å². The Hall–Kier alpha value is -0.430. The van der Waals surface area contributed by atoms with Crippen LogP contribution < -0.4 is 11.1 Å². The van der Waals surface area contributed by atoms with Gasteiger partial charge >= 0.3 is 0 Å². The van der Waals surface area contributed by atoms with Crippen LogP contribution in [-0.2, 0) is 16.1 Å². The van der Waals surface area contributed by atoms with E-state index in [1.54, 1.807) is 18.4 Å². The number of nitrogens with two attached hydrogens (primary N) is 1. The fraction of sp³-hybridized carbons (Fsp3) is 0.545. The highest BCUT2D eigenvalue weighted by atomic mass is 79.9. The molecule has 17 heavy (non-hydrogen) atoms. The Balaban J connectivity index is 2.24. The third-order valence-electron chi connectivity index (χ3n) is 2.26. The van der Waals surface area contributed by atoms with Crippen LogP contribution in [0.5, 0.6) is 0 Å². The predicted octanol–water partition coefficient (Wildman–Crippen LogP) is 1.88. The van der Waals surface area contributed by atoms with Gasteiger partial charge in [-0.05, 0) is 34.8 Å². The molecule has 0 aliphatic heterocycles. The molecule has 96 valence electrons. The van der Waals surface area contributed by atoms with Crippen LogP contribution in [0.3, 0.4) is 0 Å². The third kappa shape index (κ3) is 5.63. The van der Waals surface area contributed by atoms with Gasteiger partial charge in [-0.25, -0.2) is 0 Å². The lowest BCUT2D eigenvalue weighted by Crippen LogP contribution is -2.40. The van der Waals surface area contributed by atoms with Crippen LogP contribution in [0, 0.1) is 0 Å². The number of methoxy groups -OCH3 is 1. The second-order valence-electron chi connectivity index (χ2n) is 3.69. The molecular weight excluding hydrogens is 304 g/mol. The summed E-state index contributed by atoms with van der Waals surface area (Å²) >= 11 is 4.97. The Morgan fingerprint density at radius 1 is 1.71 bits per heavy atom. The van der Waals surface area contributed by atoms with Gasteiger partial charge < -0.3 is 15.8 Å². The van der Waals surface area contributed by atoms with E-state index in [0.717, 1.165) is 15.8 Å². The van der Waals surface area contributed by atoms with E-state index in [9.17, 15) is 4.79 Å². The minimum absolute atomic E-state index is 0.106. The molecule has 6 heteroatoms. The summed E-state index contributed by atoms with van der Waals surface area (Å²) in [6, 6.07) is 1.54. The lowest BCUT2D eigenvalue weighted by atomic mass is 10.1. The summed E-state index contributed by atoms with van der Waals surface area (Å²) in [6.45, 7) is 1.17. The van der Waals surface area contributed by atoms with Crippen molar-refractivity contribution in [3.05, 3.63) is 20.8 Å². The average molecular weight is 321 g/mol. The number of carbonyl (C=O) groups excluding carboxylic acids is 1. The van der Waals surface area contributed by atoms with E-state index in [0.29, 0.717) is 19.6 Å². The number of carbonyl (C=O) groups is 1. The van der Waals surface area contributed by atoms with Crippen LogP contribution in [0.2, 0.25) is 0 Å². The first kappa shape index (κ1) is 14.6. The number of hydrogen-bond donors (Lipinski definition) is 2. The number of nitrogens with one attached hydrogen (secondary N) is 1. The van der Waals surface area contributed by atoms with Crippen LogP contribution in [0.15, 0.2) is 15.9 Å². The van der Waals surface area contributed by atoms with Crippen LogP contribution in [0.1, 0.15) is 17.7 Å². The van der Waals surface area contributed by atoms with Crippen molar-refractivity contribution in [2.45, 2.75) is 25.4 Å². The highest BCUT2D eigenvalue weighted by Gasteiger charge is 2.12. The average Bonchev–Trinajstić information content (AvgIpc) is 2.72. The molecule has 0 aliphatic carbocycles. The topological polar surface area (TPSA) is 64.3 Å². The molecule has 1 heterocycles. The van der Waals surface area contributed by atoms with Crippen LogP contribution >= 0.6 is 27.3 Å². The largest absolute Gasteiger partial charge is 0.385 e. The number of amides is 1. The van der Waals surface area contributed by atoms with Gasteiger partial charge in [0.25, 0.3) is 0 Å². The van der Waals surface area contributed by atoms with Gasteiger partial charge in [0, 0.05) is 28.4 Å². The van der Waals surface area contributed by atoms with Gasteiger partial charge in [-0.3, -0.25) is 4.79 Å². The summed E-state index contributed by atoms with van der Waals surface area (Å²) in [7, 11) is 1.64. The maximum absolute atomic E-state index is 11.6. The second-order valence-corrected chi connectivity index (χ2v) is 5.60. The monoisotopic (exact) mass is 320 g/mol. The summed E-state index contributed by atoms with van der Waals surface area (Å²) in [5.41, 5.74) is 5.75. The smallest absolute Gasteiger partial charge is 0.237 e.